The van der Waals surface area contributed by atoms with Crippen LogP contribution in [-0.2, 0) is 10.0 Å². The van der Waals surface area contributed by atoms with Crippen molar-refractivity contribution in [1.29, 1.82) is 0 Å². The number of hydrogen-bond acceptors (Lipinski definition) is 2. The van der Waals surface area contributed by atoms with Crippen LogP contribution in [0.5, 0.6) is 0 Å². The molecule has 0 saturated heterocycles. The summed E-state index contributed by atoms with van der Waals surface area (Å²) in [6.07, 6.45) is 1.77. The predicted molar refractivity (Wildman–Crippen MR) is 80.6 cm³/mol. The third-order valence-corrected chi connectivity index (χ3v) is 4.60. The molecule has 1 aromatic heterocycles. The molecule has 0 fully saturated rings. The summed E-state index contributed by atoms with van der Waals surface area (Å²) in [5.41, 5.74) is 1.42. The number of aromatic nitrogens is 1. The van der Waals surface area contributed by atoms with E-state index in [9.17, 15) is 8.42 Å². The Kier molecular flexibility index (Phi) is 3.16. The molecule has 0 unspecified atom stereocenters. The van der Waals surface area contributed by atoms with Gasteiger partial charge in [0.2, 0.25) is 0 Å². The van der Waals surface area contributed by atoms with Crippen molar-refractivity contribution in [2.45, 2.75) is 4.90 Å². The summed E-state index contributed by atoms with van der Waals surface area (Å²) in [4.78, 5) is 3.22. The Morgan fingerprint density at radius 1 is 1.00 bits per heavy atom. The van der Waals surface area contributed by atoms with E-state index in [1.807, 2.05) is 12.1 Å². The van der Waals surface area contributed by atoms with Gasteiger partial charge in [-0.05, 0) is 42.5 Å². The highest BCUT2D eigenvalue weighted by molar-refractivity contribution is 7.92. The maximum atomic E-state index is 12.3. The average Bonchev–Trinajstić information content (AvgIpc) is 2.88. The Labute approximate surface area is 121 Å². The fourth-order valence-corrected chi connectivity index (χ4v) is 3.20. The molecule has 3 aromatic rings. The van der Waals surface area contributed by atoms with Crippen molar-refractivity contribution in [3.63, 3.8) is 0 Å². The highest BCUT2D eigenvalue weighted by Gasteiger charge is 2.15. The maximum Gasteiger partial charge on any atom is 0.261 e. The number of aromatic amines is 1. The van der Waals surface area contributed by atoms with Gasteiger partial charge in [-0.15, -0.1) is 0 Å². The second-order valence-electron chi connectivity index (χ2n) is 4.30. The van der Waals surface area contributed by atoms with Crippen LogP contribution in [-0.4, -0.2) is 13.4 Å². The van der Waals surface area contributed by atoms with E-state index in [2.05, 4.69) is 9.71 Å². The first kappa shape index (κ1) is 13.0. The van der Waals surface area contributed by atoms with E-state index in [1.165, 1.54) is 12.1 Å². The lowest BCUT2D eigenvalue weighted by atomic mass is 10.2. The van der Waals surface area contributed by atoms with E-state index in [0.717, 1.165) is 10.9 Å². The number of benzene rings is 2. The summed E-state index contributed by atoms with van der Waals surface area (Å²) in [5, 5.41) is 1.32. The molecular formula is C14H11ClN2O2S. The van der Waals surface area contributed by atoms with Crippen LogP contribution in [0.3, 0.4) is 0 Å². The predicted octanol–water partition coefficient (Wildman–Crippen LogP) is 3.62. The number of halogens is 1. The van der Waals surface area contributed by atoms with Crippen molar-refractivity contribution in [2.75, 3.05) is 4.72 Å². The van der Waals surface area contributed by atoms with E-state index in [-0.39, 0.29) is 4.90 Å². The molecule has 0 saturated carbocycles. The van der Waals surface area contributed by atoms with Crippen molar-refractivity contribution < 1.29 is 8.42 Å². The standard InChI is InChI=1S/C14H11ClN2O2S/c15-10-4-6-11(7-5-10)20(18,19)17-14-3-1-2-13-12(14)8-9-16-13/h1-9,16-17H. The summed E-state index contributed by atoms with van der Waals surface area (Å²) in [7, 11) is -3.62. The quantitative estimate of drug-likeness (QED) is 0.776. The molecule has 0 aliphatic heterocycles. The molecular weight excluding hydrogens is 296 g/mol. The van der Waals surface area contributed by atoms with E-state index in [0.29, 0.717) is 10.7 Å². The summed E-state index contributed by atoms with van der Waals surface area (Å²) in [5.74, 6) is 0. The molecule has 0 spiro atoms. The fourth-order valence-electron chi connectivity index (χ4n) is 1.99. The molecule has 3 rings (SSSR count). The van der Waals surface area contributed by atoms with Crippen molar-refractivity contribution in [1.82, 2.24) is 4.98 Å². The molecule has 102 valence electrons. The molecule has 0 amide bonds. The first-order valence-electron chi connectivity index (χ1n) is 5.91. The maximum absolute atomic E-state index is 12.3. The molecule has 6 heteroatoms. The van der Waals surface area contributed by atoms with Crippen LogP contribution in [0, 0.1) is 0 Å². The minimum Gasteiger partial charge on any atom is -0.361 e. The van der Waals surface area contributed by atoms with Crippen LogP contribution >= 0.6 is 11.6 Å². The molecule has 0 bridgehead atoms. The van der Waals surface area contributed by atoms with E-state index < -0.39 is 10.0 Å². The van der Waals surface area contributed by atoms with Gasteiger partial charge in [0, 0.05) is 22.1 Å². The van der Waals surface area contributed by atoms with E-state index in [4.69, 9.17) is 11.6 Å². The third kappa shape index (κ3) is 2.37. The number of fused-ring (bicyclic) bond motifs is 1. The molecule has 2 N–H and O–H groups in total. The van der Waals surface area contributed by atoms with Gasteiger partial charge < -0.3 is 4.98 Å². The van der Waals surface area contributed by atoms with E-state index in [1.54, 1.807) is 30.5 Å². The monoisotopic (exact) mass is 306 g/mol. The Bertz CT molecular complexity index is 854. The number of H-pyrrole nitrogens is 1. The fraction of sp³-hybridized carbons (Fsp3) is 0. The zero-order chi connectivity index (χ0) is 14.2. The molecule has 1 heterocycles. The number of anilines is 1. The smallest absolute Gasteiger partial charge is 0.261 e. The van der Waals surface area contributed by atoms with Crippen LogP contribution in [0.2, 0.25) is 5.02 Å². The topological polar surface area (TPSA) is 62.0 Å². The van der Waals surface area contributed by atoms with Crippen molar-refractivity contribution in [3.05, 3.63) is 59.8 Å². The summed E-state index contributed by atoms with van der Waals surface area (Å²) in [6.45, 7) is 0. The summed E-state index contributed by atoms with van der Waals surface area (Å²) < 4.78 is 27.2. The molecule has 0 aliphatic carbocycles. The van der Waals surface area contributed by atoms with Crippen LogP contribution in [0.1, 0.15) is 0 Å². The minimum atomic E-state index is -3.62. The van der Waals surface area contributed by atoms with Gasteiger partial charge in [0.15, 0.2) is 0 Å². The zero-order valence-electron chi connectivity index (χ0n) is 10.3. The minimum absolute atomic E-state index is 0.175. The van der Waals surface area contributed by atoms with Crippen LogP contribution in [0.25, 0.3) is 10.9 Å². The first-order chi connectivity index (χ1) is 9.56. The molecule has 20 heavy (non-hydrogen) atoms. The molecule has 2 aromatic carbocycles. The van der Waals surface area contributed by atoms with Gasteiger partial charge in [-0.25, -0.2) is 8.42 Å². The highest BCUT2D eigenvalue weighted by Crippen LogP contribution is 2.25. The van der Waals surface area contributed by atoms with Gasteiger partial charge in [-0.2, -0.15) is 0 Å². The number of nitrogens with one attached hydrogen (secondary N) is 2. The van der Waals surface area contributed by atoms with Crippen molar-refractivity contribution in [2.24, 2.45) is 0 Å². The second kappa shape index (κ2) is 4.85. The normalized spacial score (nSPS) is 11.7. The lowest BCUT2D eigenvalue weighted by Crippen LogP contribution is -2.12. The Hall–Kier alpha value is -1.98. The van der Waals surface area contributed by atoms with Crippen LogP contribution < -0.4 is 4.72 Å². The van der Waals surface area contributed by atoms with Crippen molar-refractivity contribution >= 4 is 38.2 Å². The highest BCUT2D eigenvalue weighted by atomic mass is 35.5. The van der Waals surface area contributed by atoms with Crippen molar-refractivity contribution in [3.8, 4) is 0 Å². The number of rotatable bonds is 3. The Balaban J connectivity index is 2.01. The largest absolute Gasteiger partial charge is 0.361 e. The lowest BCUT2D eigenvalue weighted by Gasteiger charge is -2.09. The average molecular weight is 307 g/mol. The molecule has 4 nitrogen and oxygen atoms in total. The van der Waals surface area contributed by atoms with E-state index >= 15 is 0 Å². The van der Waals surface area contributed by atoms with Gasteiger partial charge in [0.1, 0.15) is 0 Å². The summed E-state index contributed by atoms with van der Waals surface area (Å²) in [6, 6.07) is 13.3. The first-order valence-corrected chi connectivity index (χ1v) is 7.77. The van der Waals surface area contributed by atoms with Gasteiger partial charge in [-0.1, -0.05) is 17.7 Å². The van der Waals surface area contributed by atoms with Crippen LogP contribution in [0.15, 0.2) is 59.6 Å². The van der Waals surface area contributed by atoms with Crippen LogP contribution in [0.4, 0.5) is 5.69 Å². The Morgan fingerprint density at radius 3 is 2.50 bits per heavy atom. The molecule has 0 aliphatic rings. The van der Waals surface area contributed by atoms with Gasteiger partial charge >= 0.3 is 0 Å². The molecule has 0 atom stereocenters. The van der Waals surface area contributed by atoms with Gasteiger partial charge in [0.25, 0.3) is 10.0 Å². The second-order valence-corrected chi connectivity index (χ2v) is 6.42. The third-order valence-electron chi connectivity index (χ3n) is 2.96. The number of sulfonamides is 1. The SMILES string of the molecule is O=S(=O)(Nc1cccc2[nH]ccc12)c1ccc(Cl)cc1. The number of hydrogen-bond donors (Lipinski definition) is 2. The summed E-state index contributed by atoms with van der Waals surface area (Å²) >= 11 is 5.77. The van der Waals surface area contributed by atoms with Gasteiger partial charge in [0.05, 0.1) is 10.6 Å². The lowest BCUT2D eigenvalue weighted by molar-refractivity contribution is 0.601. The van der Waals surface area contributed by atoms with Gasteiger partial charge in [-0.3, -0.25) is 4.72 Å². The zero-order valence-corrected chi connectivity index (χ0v) is 11.9. The Morgan fingerprint density at radius 2 is 1.75 bits per heavy atom. The molecule has 0 radical (unpaired) electrons.